The minimum atomic E-state index is 0.0215. The fourth-order valence-electron chi connectivity index (χ4n) is 8.59. The van der Waals surface area contributed by atoms with Crippen molar-refractivity contribution in [3.05, 3.63) is 0 Å². The number of unbranched alkanes of at least 4 members (excludes halogenated alkanes) is 18. The highest BCUT2D eigenvalue weighted by molar-refractivity contribution is 5.69. The number of likely N-dealkylation sites (tertiary alicyclic amines) is 1. The van der Waals surface area contributed by atoms with Crippen molar-refractivity contribution in [2.45, 2.75) is 258 Å². The summed E-state index contributed by atoms with van der Waals surface area (Å²) in [6.45, 7) is 15.3. The molecule has 2 unspecified atom stereocenters. The van der Waals surface area contributed by atoms with Crippen LogP contribution in [-0.4, -0.2) is 62.3 Å². The summed E-state index contributed by atoms with van der Waals surface area (Å²) in [6, 6.07) is 0.638. The fraction of sp³-hybridized carbons (Fsp3) is 0.960. The second-order valence-electron chi connectivity index (χ2n) is 18.0. The zero-order valence-electron chi connectivity index (χ0n) is 38.3. The number of rotatable bonds is 43. The Morgan fingerprint density at radius 1 is 0.464 bits per heavy atom. The van der Waals surface area contributed by atoms with Crippen molar-refractivity contribution in [3.8, 4) is 0 Å². The summed E-state index contributed by atoms with van der Waals surface area (Å²) in [5, 5.41) is 3.96. The molecule has 1 fully saturated rings. The Bertz CT molecular complexity index is 791. The van der Waals surface area contributed by atoms with Gasteiger partial charge in [-0.1, -0.05) is 169 Å². The van der Waals surface area contributed by atoms with E-state index in [1.165, 1.54) is 206 Å². The maximum atomic E-state index is 12.4. The van der Waals surface area contributed by atoms with Gasteiger partial charge < -0.3 is 19.7 Å². The molecule has 332 valence electrons. The van der Waals surface area contributed by atoms with Crippen LogP contribution < -0.4 is 5.32 Å². The number of hydrogen-bond acceptors (Lipinski definition) is 6. The zero-order chi connectivity index (χ0) is 40.6. The number of carbonyl (C=O) groups excluding carboxylic acids is 2. The molecule has 1 aliphatic heterocycles. The van der Waals surface area contributed by atoms with Gasteiger partial charge in [0.1, 0.15) is 0 Å². The molecule has 56 heavy (non-hydrogen) atoms. The van der Waals surface area contributed by atoms with Crippen LogP contribution >= 0.6 is 0 Å². The van der Waals surface area contributed by atoms with E-state index in [4.69, 9.17) is 9.47 Å². The first-order valence-electron chi connectivity index (χ1n) is 25.3. The second kappa shape index (κ2) is 40.6. The van der Waals surface area contributed by atoms with Crippen molar-refractivity contribution in [1.82, 2.24) is 10.2 Å². The number of hydrogen-bond donors (Lipinski definition) is 1. The highest BCUT2D eigenvalue weighted by Crippen LogP contribution is 2.21. The number of nitrogens with zero attached hydrogens (tertiary/aromatic N) is 1. The largest absolute Gasteiger partial charge is 0.465 e. The summed E-state index contributed by atoms with van der Waals surface area (Å²) in [5.41, 5.74) is 0. The summed E-state index contributed by atoms with van der Waals surface area (Å²) < 4.78 is 11.5. The van der Waals surface area contributed by atoms with Crippen LogP contribution in [-0.2, 0) is 19.1 Å². The number of nitrogens with one attached hydrogen (secondary N) is 1. The van der Waals surface area contributed by atoms with Gasteiger partial charge in [0, 0.05) is 18.9 Å². The van der Waals surface area contributed by atoms with Crippen molar-refractivity contribution in [1.29, 1.82) is 0 Å². The summed E-state index contributed by atoms with van der Waals surface area (Å²) in [7, 11) is 0. The van der Waals surface area contributed by atoms with Gasteiger partial charge in [-0.3, -0.25) is 9.59 Å². The summed E-state index contributed by atoms with van der Waals surface area (Å²) in [4.78, 5) is 27.5. The Morgan fingerprint density at radius 2 is 0.839 bits per heavy atom. The average Bonchev–Trinajstić information content (AvgIpc) is 3.73. The molecule has 0 aromatic heterocycles. The lowest BCUT2D eigenvalue weighted by Gasteiger charge is -2.20. The van der Waals surface area contributed by atoms with E-state index in [-0.39, 0.29) is 11.9 Å². The molecule has 0 saturated carbocycles. The van der Waals surface area contributed by atoms with E-state index in [0.29, 0.717) is 43.9 Å². The Morgan fingerprint density at radius 3 is 1.29 bits per heavy atom. The third-order valence-corrected chi connectivity index (χ3v) is 12.5. The highest BCUT2D eigenvalue weighted by atomic mass is 16.5. The van der Waals surface area contributed by atoms with Gasteiger partial charge >= 0.3 is 11.9 Å². The van der Waals surface area contributed by atoms with Crippen LogP contribution in [0.5, 0.6) is 0 Å². The molecule has 0 bridgehead atoms. The number of carbonyl (C=O) groups is 2. The van der Waals surface area contributed by atoms with Gasteiger partial charge in [-0.2, -0.15) is 0 Å². The summed E-state index contributed by atoms with van der Waals surface area (Å²) >= 11 is 0. The van der Waals surface area contributed by atoms with E-state index in [9.17, 15) is 9.59 Å². The van der Waals surface area contributed by atoms with Gasteiger partial charge in [-0.15, -0.1) is 0 Å². The maximum Gasteiger partial charge on any atom is 0.305 e. The topological polar surface area (TPSA) is 67.9 Å². The van der Waals surface area contributed by atoms with E-state index in [2.05, 4.69) is 37.9 Å². The first kappa shape index (κ1) is 52.9. The Labute approximate surface area is 349 Å². The van der Waals surface area contributed by atoms with E-state index in [1.54, 1.807) is 0 Å². The summed E-state index contributed by atoms with van der Waals surface area (Å²) in [6.07, 6.45) is 42.3. The molecular formula is C50H98N2O4. The predicted octanol–water partition coefficient (Wildman–Crippen LogP) is 14.3. The smallest absolute Gasteiger partial charge is 0.305 e. The van der Waals surface area contributed by atoms with Gasteiger partial charge in [-0.25, -0.2) is 0 Å². The highest BCUT2D eigenvalue weighted by Gasteiger charge is 2.15. The molecule has 0 spiro atoms. The molecule has 1 aliphatic rings. The quantitative estimate of drug-likeness (QED) is 0.0490. The molecule has 1 N–H and O–H groups in total. The lowest BCUT2D eigenvalue weighted by atomic mass is 9.96. The lowest BCUT2D eigenvalue weighted by Crippen LogP contribution is -2.32. The molecule has 6 heteroatoms. The molecule has 0 amide bonds. The first-order valence-corrected chi connectivity index (χ1v) is 25.3. The zero-order valence-corrected chi connectivity index (χ0v) is 38.3. The van der Waals surface area contributed by atoms with E-state index < -0.39 is 0 Å². The first-order chi connectivity index (χ1) is 27.5. The molecular weight excluding hydrogens is 693 g/mol. The molecule has 2 atom stereocenters. The van der Waals surface area contributed by atoms with Crippen molar-refractivity contribution >= 4 is 11.9 Å². The van der Waals surface area contributed by atoms with Gasteiger partial charge in [0.2, 0.25) is 0 Å². The van der Waals surface area contributed by atoms with Crippen LogP contribution in [0.4, 0.5) is 0 Å². The SMILES string of the molecule is CCCCCCC(CCCC)COC(=O)CCCCCCCCC(CCCCCCCCC(=O)OCC(CCCC)CCCCCC)NCCCN1CCCC1. The van der Waals surface area contributed by atoms with Gasteiger partial charge in [0.25, 0.3) is 0 Å². The van der Waals surface area contributed by atoms with Gasteiger partial charge in [0.15, 0.2) is 0 Å². The van der Waals surface area contributed by atoms with Crippen molar-refractivity contribution < 1.29 is 19.1 Å². The Kier molecular flexibility index (Phi) is 38.4. The van der Waals surface area contributed by atoms with E-state index >= 15 is 0 Å². The van der Waals surface area contributed by atoms with E-state index in [1.807, 2.05) is 0 Å². The van der Waals surface area contributed by atoms with Crippen LogP contribution in [0.3, 0.4) is 0 Å². The Hall–Kier alpha value is -1.14. The predicted molar refractivity (Wildman–Crippen MR) is 241 cm³/mol. The maximum absolute atomic E-state index is 12.4. The average molecular weight is 791 g/mol. The normalized spacial score (nSPS) is 14.9. The number of esters is 2. The van der Waals surface area contributed by atoms with Crippen LogP contribution in [0.2, 0.25) is 0 Å². The minimum Gasteiger partial charge on any atom is -0.465 e. The van der Waals surface area contributed by atoms with Crippen LogP contribution in [0, 0.1) is 11.8 Å². The van der Waals surface area contributed by atoms with E-state index in [0.717, 1.165) is 32.2 Å². The third-order valence-electron chi connectivity index (χ3n) is 12.5. The second-order valence-corrected chi connectivity index (χ2v) is 18.0. The van der Waals surface area contributed by atoms with Crippen LogP contribution in [0.25, 0.3) is 0 Å². The van der Waals surface area contributed by atoms with Crippen LogP contribution in [0.1, 0.15) is 252 Å². The molecule has 1 rings (SSSR count). The van der Waals surface area contributed by atoms with Crippen molar-refractivity contribution in [3.63, 3.8) is 0 Å². The molecule has 1 heterocycles. The monoisotopic (exact) mass is 791 g/mol. The molecule has 0 aliphatic carbocycles. The molecule has 6 nitrogen and oxygen atoms in total. The molecule has 0 radical (unpaired) electrons. The number of ether oxygens (including phenoxy) is 2. The van der Waals surface area contributed by atoms with Gasteiger partial charge in [-0.05, 0) is 109 Å². The minimum absolute atomic E-state index is 0.0215. The molecule has 0 aromatic rings. The fourth-order valence-corrected chi connectivity index (χ4v) is 8.59. The lowest BCUT2D eigenvalue weighted by molar-refractivity contribution is -0.146. The molecule has 1 saturated heterocycles. The standard InChI is InChI=1S/C50H98N2O4/c1-5-9-13-23-34-46(32-11-7-3)44-55-49(53)38-27-21-17-15-19-25-36-48(51-40-31-43-52-41-29-30-42-52)37-26-20-16-18-22-28-39-50(54)56-45-47(33-12-8-4)35-24-14-10-6-2/h46-48,51H,5-45H2,1-4H3. The summed E-state index contributed by atoms with van der Waals surface area (Å²) in [5.74, 6) is 1.15. The third kappa shape index (κ3) is 33.8. The van der Waals surface area contributed by atoms with Crippen molar-refractivity contribution in [2.24, 2.45) is 11.8 Å². The van der Waals surface area contributed by atoms with Crippen molar-refractivity contribution in [2.75, 3.05) is 39.4 Å². The van der Waals surface area contributed by atoms with Gasteiger partial charge in [0.05, 0.1) is 13.2 Å². The molecule has 0 aromatic carbocycles. The van der Waals surface area contributed by atoms with Crippen LogP contribution in [0.15, 0.2) is 0 Å². The Balaban J connectivity index is 2.21.